The van der Waals surface area contributed by atoms with Crippen LogP contribution in [0.3, 0.4) is 0 Å². The molecule has 0 radical (unpaired) electrons. The number of carbonyl (C=O) groups excluding carboxylic acids is 1. The molecule has 0 saturated heterocycles. The minimum atomic E-state index is -0.0686. The average molecular weight is 755 g/mol. The number of rotatable bonds is 14. The molecule has 0 bridgehead atoms. The molecular formula is C43H50N2O10. The second-order valence-corrected chi connectivity index (χ2v) is 13.2. The van der Waals surface area contributed by atoms with E-state index in [0.717, 1.165) is 64.6 Å². The van der Waals surface area contributed by atoms with Crippen molar-refractivity contribution in [2.24, 2.45) is 0 Å². The van der Waals surface area contributed by atoms with Crippen molar-refractivity contribution in [1.29, 1.82) is 0 Å². The van der Waals surface area contributed by atoms with Crippen molar-refractivity contribution in [2.45, 2.75) is 25.3 Å². The van der Waals surface area contributed by atoms with Gasteiger partial charge in [-0.3, -0.25) is 9.69 Å². The summed E-state index contributed by atoms with van der Waals surface area (Å²) in [6.45, 7) is 1.43. The van der Waals surface area contributed by atoms with Crippen LogP contribution in [0.2, 0.25) is 0 Å². The minimum Gasteiger partial charge on any atom is -0.493 e. The Labute approximate surface area is 322 Å². The van der Waals surface area contributed by atoms with Gasteiger partial charge in [-0.1, -0.05) is 0 Å². The monoisotopic (exact) mass is 754 g/mol. The first-order valence-electron chi connectivity index (χ1n) is 18.0. The summed E-state index contributed by atoms with van der Waals surface area (Å²) < 4.78 is 52.6. The molecule has 0 saturated carbocycles. The van der Waals surface area contributed by atoms with Gasteiger partial charge in [-0.2, -0.15) is 0 Å². The fraction of sp³-hybridized carbons (Fsp3) is 0.372. The standard InChI is InChI=1S/C43H50N2O10/c1-45-16-14-28-31(22-38(51-6)43(55-10)42(28)54-9)33(45)17-25-19-35(48-3)36(49-4)20-29(25)26-11-12-27(41(53-8)40(26)52-7)32(23-46)39-30-21-37(50-5)34(47-2)18-24(30)13-15-44-39/h11-12,18-23,33,44H,13-17H2,1-10H3. The number of allylic oxidation sites excluding steroid dienone is 1. The third kappa shape index (κ3) is 6.91. The molecule has 0 fully saturated rings. The van der Waals surface area contributed by atoms with Gasteiger partial charge in [0.1, 0.15) is 0 Å². The number of hydrogen-bond acceptors (Lipinski definition) is 12. The van der Waals surface area contributed by atoms with Crippen LogP contribution in [0.5, 0.6) is 51.7 Å². The Kier molecular flexibility index (Phi) is 11.8. The maximum Gasteiger partial charge on any atom is 0.203 e. The third-order valence-corrected chi connectivity index (χ3v) is 10.7. The third-order valence-electron chi connectivity index (χ3n) is 10.7. The lowest BCUT2D eigenvalue weighted by molar-refractivity contribution is -0.103. The number of methoxy groups -OCH3 is 9. The van der Waals surface area contributed by atoms with E-state index in [9.17, 15) is 4.79 Å². The zero-order valence-electron chi connectivity index (χ0n) is 33.3. The Balaban J connectivity index is 1.54. The molecule has 1 unspecified atom stereocenters. The van der Waals surface area contributed by atoms with Crippen LogP contribution < -0.4 is 47.9 Å². The van der Waals surface area contributed by atoms with Crippen LogP contribution in [-0.2, 0) is 24.1 Å². The van der Waals surface area contributed by atoms with Crippen molar-refractivity contribution in [3.63, 3.8) is 0 Å². The van der Waals surface area contributed by atoms with Gasteiger partial charge in [-0.15, -0.1) is 0 Å². The smallest absolute Gasteiger partial charge is 0.203 e. The molecule has 12 nitrogen and oxygen atoms in total. The van der Waals surface area contributed by atoms with Crippen molar-refractivity contribution in [3.8, 4) is 62.9 Å². The number of aldehydes is 1. The number of carbonyl (C=O) groups is 1. The van der Waals surface area contributed by atoms with Gasteiger partial charge in [0, 0.05) is 47.0 Å². The molecule has 1 atom stereocenters. The quantitative estimate of drug-likeness (QED) is 0.113. The number of hydrogen-bond donors (Lipinski definition) is 1. The summed E-state index contributed by atoms with van der Waals surface area (Å²) in [5, 5.41) is 3.46. The molecule has 2 aliphatic heterocycles. The van der Waals surface area contributed by atoms with E-state index in [1.165, 1.54) is 0 Å². The van der Waals surface area contributed by atoms with E-state index in [-0.39, 0.29) is 6.04 Å². The van der Waals surface area contributed by atoms with Crippen molar-refractivity contribution < 1.29 is 47.4 Å². The predicted octanol–water partition coefficient (Wildman–Crippen LogP) is 6.42. The summed E-state index contributed by atoms with van der Waals surface area (Å²) in [4.78, 5) is 15.4. The highest BCUT2D eigenvalue weighted by Gasteiger charge is 2.33. The summed E-state index contributed by atoms with van der Waals surface area (Å²) in [6.07, 6.45) is 2.97. The highest BCUT2D eigenvalue weighted by molar-refractivity contribution is 6.18. The van der Waals surface area contributed by atoms with Gasteiger partial charge in [0.05, 0.1) is 69.7 Å². The number of nitrogens with one attached hydrogen (secondary N) is 1. The van der Waals surface area contributed by atoms with Crippen molar-refractivity contribution in [3.05, 3.63) is 75.8 Å². The first-order chi connectivity index (χ1) is 26.7. The molecule has 0 spiro atoms. The Bertz CT molecular complexity index is 2110. The summed E-state index contributed by atoms with van der Waals surface area (Å²) in [7, 11) is 16.6. The van der Waals surface area contributed by atoms with Crippen molar-refractivity contribution in [1.82, 2.24) is 10.2 Å². The van der Waals surface area contributed by atoms with Gasteiger partial charge >= 0.3 is 0 Å². The highest BCUT2D eigenvalue weighted by Crippen LogP contribution is 2.50. The van der Waals surface area contributed by atoms with Gasteiger partial charge in [0.2, 0.25) is 5.75 Å². The van der Waals surface area contributed by atoms with Crippen LogP contribution in [0.25, 0.3) is 22.4 Å². The van der Waals surface area contributed by atoms with Crippen LogP contribution in [0, 0.1) is 0 Å². The summed E-state index contributed by atoms with van der Waals surface area (Å²) in [5.74, 6) is 5.06. The fourth-order valence-electron chi connectivity index (χ4n) is 7.95. The largest absolute Gasteiger partial charge is 0.493 e. The van der Waals surface area contributed by atoms with Gasteiger partial charge in [-0.05, 0) is 91.0 Å². The van der Waals surface area contributed by atoms with Gasteiger partial charge in [0.15, 0.2) is 52.3 Å². The molecule has 2 aliphatic rings. The van der Waals surface area contributed by atoms with Crippen LogP contribution in [0.1, 0.15) is 39.4 Å². The maximum atomic E-state index is 13.1. The molecule has 1 N–H and O–H groups in total. The van der Waals surface area contributed by atoms with E-state index in [1.54, 1.807) is 64.0 Å². The van der Waals surface area contributed by atoms with Gasteiger partial charge < -0.3 is 47.9 Å². The molecule has 4 aromatic rings. The van der Waals surface area contributed by atoms with E-state index < -0.39 is 0 Å². The maximum absolute atomic E-state index is 13.1. The van der Waals surface area contributed by atoms with E-state index in [0.29, 0.717) is 81.5 Å². The molecular weight excluding hydrogens is 704 g/mol. The van der Waals surface area contributed by atoms with Crippen molar-refractivity contribution in [2.75, 3.05) is 84.1 Å². The first-order valence-corrected chi connectivity index (χ1v) is 18.0. The predicted molar refractivity (Wildman–Crippen MR) is 211 cm³/mol. The second-order valence-electron chi connectivity index (χ2n) is 13.2. The zero-order valence-corrected chi connectivity index (χ0v) is 33.3. The topological polar surface area (TPSA) is 115 Å². The number of nitrogens with zero attached hydrogens (tertiary/aromatic N) is 1. The molecule has 6 rings (SSSR count). The minimum absolute atomic E-state index is 0.0686. The molecule has 55 heavy (non-hydrogen) atoms. The lowest BCUT2D eigenvalue weighted by atomic mass is 9.85. The molecule has 4 aromatic carbocycles. The second kappa shape index (κ2) is 16.7. The highest BCUT2D eigenvalue weighted by atomic mass is 16.5. The van der Waals surface area contributed by atoms with Crippen LogP contribution in [-0.4, -0.2) is 95.3 Å². The molecule has 2 heterocycles. The first kappa shape index (κ1) is 39.0. The fourth-order valence-corrected chi connectivity index (χ4v) is 7.95. The van der Waals surface area contributed by atoms with E-state index in [4.69, 9.17) is 42.6 Å². The normalized spacial score (nSPS) is 15.8. The molecule has 0 amide bonds. The zero-order chi connectivity index (χ0) is 39.4. The van der Waals surface area contributed by atoms with Crippen LogP contribution in [0.4, 0.5) is 0 Å². The Hall–Kier alpha value is -5.75. The number of fused-ring (bicyclic) bond motifs is 2. The number of benzene rings is 4. The Morgan fingerprint density at radius 3 is 1.85 bits per heavy atom. The molecule has 292 valence electrons. The lowest BCUT2D eigenvalue weighted by Gasteiger charge is -2.36. The van der Waals surface area contributed by atoms with Crippen molar-refractivity contribution >= 4 is 17.6 Å². The number of likely N-dealkylation sites (N-methyl/N-ethyl adjacent to an activating group) is 1. The SMILES string of the molecule is COc1cc2c(cc1OC)C(=C(C=O)c1ccc(-c3cc(OC)c(OC)cc3CC3c4cc(OC)c(OC)c(OC)c4CCN3C)c(OC)c1OC)NCC2. The van der Waals surface area contributed by atoms with E-state index >= 15 is 0 Å². The summed E-state index contributed by atoms with van der Waals surface area (Å²) >= 11 is 0. The summed E-state index contributed by atoms with van der Waals surface area (Å²) in [5.41, 5.74) is 8.28. The molecule has 0 aromatic heterocycles. The molecule has 0 aliphatic carbocycles. The van der Waals surface area contributed by atoms with E-state index in [2.05, 4.69) is 17.3 Å². The van der Waals surface area contributed by atoms with Gasteiger partial charge in [0.25, 0.3) is 0 Å². The Morgan fingerprint density at radius 2 is 1.25 bits per heavy atom. The Morgan fingerprint density at radius 1 is 0.655 bits per heavy atom. The average Bonchev–Trinajstić information content (AvgIpc) is 3.22. The summed E-state index contributed by atoms with van der Waals surface area (Å²) in [6, 6.07) is 13.7. The van der Waals surface area contributed by atoms with E-state index in [1.807, 2.05) is 42.5 Å². The lowest BCUT2D eigenvalue weighted by Crippen LogP contribution is -2.34. The number of ether oxygens (including phenoxy) is 9. The van der Waals surface area contributed by atoms with Crippen LogP contribution in [0.15, 0.2) is 42.5 Å². The van der Waals surface area contributed by atoms with Crippen LogP contribution >= 0.6 is 0 Å². The van der Waals surface area contributed by atoms with Gasteiger partial charge in [-0.25, -0.2) is 0 Å². The molecule has 12 heteroatoms.